The summed E-state index contributed by atoms with van der Waals surface area (Å²) in [5.41, 5.74) is -0.897. The molecule has 1 heterocycles. The number of fused-ring (bicyclic) bond motifs is 3. The van der Waals surface area contributed by atoms with Gasteiger partial charge in [0, 0.05) is 11.1 Å². The smallest absolute Gasteiger partial charge is 0.416 e. The van der Waals surface area contributed by atoms with Crippen molar-refractivity contribution in [2.24, 2.45) is 0 Å². The number of sulfonamides is 1. The van der Waals surface area contributed by atoms with E-state index in [0.717, 1.165) is 18.2 Å². The highest BCUT2D eigenvalue weighted by Crippen LogP contribution is 2.45. The molecule has 0 amide bonds. The molecule has 126 valence electrons. The van der Waals surface area contributed by atoms with Crippen LogP contribution in [0.25, 0.3) is 11.1 Å². The Labute approximate surface area is 135 Å². The molecule has 2 aromatic rings. The fourth-order valence-corrected chi connectivity index (χ4v) is 4.24. The number of anilines is 1. The van der Waals surface area contributed by atoms with Gasteiger partial charge in [0.15, 0.2) is 0 Å². The molecule has 0 aliphatic carbocycles. The molecule has 5 nitrogen and oxygen atoms in total. The van der Waals surface area contributed by atoms with E-state index in [0.29, 0.717) is 4.31 Å². The van der Waals surface area contributed by atoms with Crippen molar-refractivity contribution in [2.75, 3.05) is 10.8 Å². The van der Waals surface area contributed by atoms with Gasteiger partial charge in [-0.3, -0.25) is 9.10 Å². The number of nitrogens with zero attached hydrogens (tertiary/aromatic N) is 1. The van der Waals surface area contributed by atoms with Crippen LogP contribution in [0.1, 0.15) is 5.56 Å². The number of halogens is 3. The second-order valence-corrected chi connectivity index (χ2v) is 6.96. The van der Waals surface area contributed by atoms with Gasteiger partial charge in [-0.25, -0.2) is 8.42 Å². The standard InChI is InChI=1S/C15H10F3NO4S/c16-15(17,18)9-5-6-12-11(7-9)10-3-1-2-4-13(10)24(22,23)19(12)8-14(20)21/h1-7H,8H2,(H,20,21). The Morgan fingerprint density at radius 2 is 1.75 bits per heavy atom. The van der Waals surface area contributed by atoms with Gasteiger partial charge in [0.1, 0.15) is 6.54 Å². The topological polar surface area (TPSA) is 74.7 Å². The molecule has 0 radical (unpaired) electrons. The Morgan fingerprint density at radius 3 is 2.38 bits per heavy atom. The van der Waals surface area contributed by atoms with Gasteiger partial charge in [0.2, 0.25) is 0 Å². The molecule has 0 saturated heterocycles. The molecule has 0 saturated carbocycles. The molecule has 1 aliphatic rings. The first-order valence-electron chi connectivity index (χ1n) is 6.67. The van der Waals surface area contributed by atoms with Crippen molar-refractivity contribution >= 4 is 21.7 Å². The number of hydrogen-bond acceptors (Lipinski definition) is 3. The monoisotopic (exact) mass is 357 g/mol. The molecule has 1 N–H and O–H groups in total. The molecule has 2 aromatic carbocycles. The minimum Gasteiger partial charge on any atom is -0.480 e. The maximum Gasteiger partial charge on any atom is 0.416 e. The highest BCUT2D eigenvalue weighted by Gasteiger charge is 2.38. The third-order valence-corrected chi connectivity index (χ3v) is 5.43. The fraction of sp³-hybridized carbons (Fsp3) is 0.133. The van der Waals surface area contributed by atoms with E-state index in [1.165, 1.54) is 24.3 Å². The number of carbonyl (C=O) groups is 1. The summed E-state index contributed by atoms with van der Waals surface area (Å²) in [7, 11) is -4.17. The molecular formula is C15H10F3NO4S. The molecule has 0 bridgehead atoms. The SMILES string of the molecule is O=C(O)CN1c2ccc(C(F)(F)F)cc2-c2ccccc2S1(=O)=O. The van der Waals surface area contributed by atoms with Crippen LogP contribution in [-0.4, -0.2) is 26.0 Å². The number of aliphatic carboxylic acids is 1. The van der Waals surface area contributed by atoms with Crippen LogP contribution < -0.4 is 4.31 Å². The highest BCUT2D eigenvalue weighted by atomic mass is 32.2. The zero-order valence-electron chi connectivity index (χ0n) is 11.9. The van der Waals surface area contributed by atoms with E-state index in [9.17, 15) is 26.4 Å². The minimum absolute atomic E-state index is 0.0245. The molecule has 0 unspecified atom stereocenters. The van der Waals surface area contributed by atoms with E-state index in [1.807, 2.05) is 0 Å². The largest absolute Gasteiger partial charge is 0.480 e. The molecule has 0 spiro atoms. The van der Waals surface area contributed by atoms with Gasteiger partial charge in [-0.15, -0.1) is 0 Å². The van der Waals surface area contributed by atoms with Gasteiger partial charge in [0.25, 0.3) is 10.0 Å². The minimum atomic E-state index is -4.60. The average molecular weight is 357 g/mol. The number of rotatable bonds is 2. The molecule has 0 aromatic heterocycles. The third kappa shape index (κ3) is 2.50. The summed E-state index contributed by atoms with van der Waals surface area (Å²) in [6.45, 7) is -0.880. The Hall–Kier alpha value is -2.55. The Kier molecular flexibility index (Phi) is 3.56. The van der Waals surface area contributed by atoms with Gasteiger partial charge >= 0.3 is 12.1 Å². The summed E-state index contributed by atoms with van der Waals surface area (Å²) in [6.07, 6.45) is -4.60. The molecule has 0 atom stereocenters. The van der Waals surface area contributed by atoms with Crippen LogP contribution >= 0.6 is 0 Å². The normalized spacial score (nSPS) is 15.5. The summed E-state index contributed by atoms with van der Waals surface area (Å²) >= 11 is 0. The molecule has 24 heavy (non-hydrogen) atoms. The van der Waals surface area contributed by atoms with E-state index in [2.05, 4.69) is 0 Å². The zero-order valence-corrected chi connectivity index (χ0v) is 12.7. The number of hydrogen-bond donors (Lipinski definition) is 1. The second-order valence-electron chi connectivity index (χ2n) is 5.13. The average Bonchev–Trinajstić information content (AvgIpc) is 2.50. The molecule has 0 fully saturated rings. The summed E-state index contributed by atoms with van der Waals surface area (Å²) in [6, 6.07) is 8.11. The summed E-state index contributed by atoms with van der Waals surface area (Å²) < 4.78 is 64.8. The van der Waals surface area contributed by atoms with Gasteiger partial charge in [-0.1, -0.05) is 18.2 Å². The lowest BCUT2D eigenvalue weighted by Gasteiger charge is -2.31. The number of carboxylic acid groups (broad SMARTS) is 1. The maximum atomic E-state index is 13.0. The van der Waals surface area contributed by atoms with Crippen molar-refractivity contribution in [3.05, 3.63) is 48.0 Å². The predicted octanol–water partition coefficient (Wildman–Crippen LogP) is 2.97. The lowest BCUT2D eigenvalue weighted by Crippen LogP contribution is -2.38. The van der Waals surface area contributed by atoms with Crippen LogP contribution in [-0.2, 0) is 21.0 Å². The van der Waals surface area contributed by atoms with E-state index in [1.54, 1.807) is 0 Å². The summed E-state index contributed by atoms with van der Waals surface area (Å²) in [5.74, 6) is -1.41. The van der Waals surface area contributed by atoms with E-state index < -0.39 is 34.3 Å². The first kappa shape index (κ1) is 16.3. The van der Waals surface area contributed by atoms with Crippen molar-refractivity contribution in [1.82, 2.24) is 0 Å². The van der Waals surface area contributed by atoms with Crippen LogP contribution in [0.5, 0.6) is 0 Å². The van der Waals surface area contributed by atoms with Crippen LogP contribution in [0, 0.1) is 0 Å². The van der Waals surface area contributed by atoms with Crippen molar-refractivity contribution < 1.29 is 31.5 Å². The van der Waals surface area contributed by atoms with Gasteiger partial charge < -0.3 is 5.11 Å². The lowest BCUT2D eigenvalue weighted by molar-refractivity contribution is -0.137. The fourth-order valence-electron chi connectivity index (χ4n) is 2.60. The van der Waals surface area contributed by atoms with Crippen molar-refractivity contribution in [3.8, 4) is 11.1 Å². The Morgan fingerprint density at radius 1 is 1.08 bits per heavy atom. The van der Waals surface area contributed by atoms with E-state index >= 15 is 0 Å². The first-order valence-corrected chi connectivity index (χ1v) is 8.11. The number of benzene rings is 2. The first-order chi connectivity index (χ1) is 11.1. The van der Waals surface area contributed by atoms with Crippen molar-refractivity contribution in [2.45, 2.75) is 11.1 Å². The van der Waals surface area contributed by atoms with E-state index in [-0.39, 0.29) is 21.7 Å². The third-order valence-electron chi connectivity index (χ3n) is 3.62. The summed E-state index contributed by atoms with van der Waals surface area (Å²) in [5, 5.41) is 8.97. The van der Waals surface area contributed by atoms with Crippen LogP contribution in [0.3, 0.4) is 0 Å². The van der Waals surface area contributed by atoms with Crippen LogP contribution in [0.4, 0.5) is 18.9 Å². The molecular weight excluding hydrogens is 347 g/mol. The van der Waals surface area contributed by atoms with E-state index in [4.69, 9.17) is 5.11 Å². The maximum absolute atomic E-state index is 13.0. The zero-order chi connectivity index (χ0) is 17.7. The van der Waals surface area contributed by atoms with Crippen LogP contribution in [0.15, 0.2) is 47.4 Å². The number of carboxylic acids is 1. The Balaban J connectivity index is 2.33. The van der Waals surface area contributed by atoms with Crippen molar-refractivity contribution in [1.29, 1.82) is 0 Å². The Bertz CT molecular complexity index is 938. The molecule has 1 aliphatic heterocycles. The molecule has 9 heteroatoms. The number of alkyl halides is 3. The summed E-state index contributed by atoms with van der Waals surface area (Å²) in [4.78, 5) is 10.8. The lowest BCUT2D eigenvalue weighted by atomic mass is 10.00. The van der Waals surface area contributed by atoms with Gasteiger partial charge in [0.05, 0.1) is 16.1 Å². The predicted molar refractivity (Wildman–Crippen MR) is 79.0 cm³/mol. The van der Waals surface area contributed by atoms with Gasteiger partial charge in [-0.2, -0.15) is 13.2 Å². The quantitative estimate of drug-likeness (QED) is 0.897. The highest BCUT2D eigenvalue weighted by molar-refractivity contribution is 7.93. The van der Waals surface area contributed by atoms with Crippen molar-refractivity contribution in [3.63, 3.8) is 0 Å². The second kappa shape index (κ2) is 5.23. The van der Waals surface area contributed by atoms with Gasteiger partial charge in [-0.05, 0) is 24.3 Å². The van der Waals surface area contributed by atoms with Crippen LogP contribution in [0.2, 0.25) is 0 Å². The molecule has 3 rings (SSSR count).